The second-order valence-corrected chi connectivity index (χ2v) is 7.70. The summed E-state index contributed by atoms with van der Waals surface area (Å²) in [4.78, 5) is 46.9. The van der Waals surface area contributed by atoms with Crippen molar-refractivity contribution in [2.24, 2.45) is 0 Å². The van der Waals surface area contributed by atoms with Crippen LogP contribution in [0.2, 0.25) is 0 Å². The van der Waals surface area contributed by atoms with Gasteiger partial charge >= 0.3 is 11.9 Å². The van der Waals surface area contributed by atoms with Crippen LogP contribution in [-0.4, -0.2) is 67.8 Å². The lowest BCUT2D eigenvalue weighted by Crippen LogP contribution is -2.43. The van der Waals surface area contributed by atoms with Crippen LogP contribution in [0.15, 0.2) is 36.1 Å². The minimum Gasteiger partial charge on any atom is -0.493 e. The Morgan fingerprint density at radius 3 is 2.38 bits per heavy atom. The molecule has 0 aromatic heterocycles. The molecule has 12 nitrogen and oxygen atoms in total. The lowest BCUT2D eigenvalue weighted by atomic mass is 10.1. The van der Waals surface area contributed by atoms with Crippen molar-refractivity contribution in [1.29, 1.82) is 0 Å². The first-order valence-electron chi connectivity index (χ1n) is 10.9. The molecule has 0 radical (unpaired) electrons. The average Bonchev–Trinajstić information content (AvgIpc) is 3.18. The third-order valence-electron chi connectivity index (χ3n) is 5.31. The molecule has 1 atom stereocenters. The van der Waals surface area contributed by atoms with E-state index in [9.17, 15) is 19.2 Å². The van der Waals surface area contributed by atoms with E-state index in [1.165, 1.54) is 45.6 Å². The molecule has 0 fully saturated rings. The van der Waals surface area contributed by atoms with Crippen molar-refractivity contribution < 1.29 is 53.1 Å². The normalized spacial score (nSPS) is 13.8. The summed E-state index contributed by atoms with van der Waals surface area (Å²) in [5.41, 5.74) is 0.794. The van der Waals surface area contributed by atoms with Crippen LogP contribution < -0.4 is 29.0 Å². The standard InChI is InChI=1S/C25H25NO11/c1-33-17-8-4-13(23(34-2)24(17)35-3)10-19-22(30)15-6-5-14(11-18(15)37-19)36-12-20(27)26-16(25(31)32)7-9-21(28)29/h4-6,8,10-11,16H,7,9,12H2,1-3H3,(H,26,27)(H,28,29)(H,31,32). The number of allylic oxidation sites excluding steroid dienone is 1. The predicted octanol–water partition coefficient (Wildman–Crippen LogP) is 2.14. The highest BCUT2D eigenvalue weighted by Gasteiger charge is 2.29. The summed E-state index contributed by atoms with van der Waals surface area (Å²) < 4.78 is 27.2. The van der Waals surface area contributed by atoms with Crippen LogP contribution in [0.1, 0.15) is 28.8 Å². The Morgan fingerprint density at radius 2 is 1.76 bits per heavy atom. The van der Waals surface area contributed by atoms with E-state index in [1.54, 1.807) is 12.1 Å². The van der Waals surface area contributed by atoms with Crippen molar-refractivity contribution in [3.8, 4) is 28.7 Å². The number of carboxylic acids is 2. The number of hydrogen-bond acceptors (Lipinski definition) is 9. The summed E-state index contributed by atoms with van der Waals surface area (Å²) in [6.45, 7) is -0.533. The van der Waals surface area contributed by atoms with Crippen LogP contribution in [-0.2, 0) is 14.4 Å². The van der Waals surface area contributed by atoms with Gasteiger partial charge in [-0.3, -0.25) is 14.4 Å². The molecule has 0 bridgehead atoms. The highest BCUT2D eigenvalue weighted by molar-refractivity contribution is 6.14. The van der Waals surface area contributed by atoms with E-state index >= 15 is 0 Å². The maximum Gasteiger partial charge on any atom is 0.326 e. The minimum absolute atomic E-state index is 0.0261. The van der Waals surface area contributed by atoms with Gasteiger partial charge in [0.25, 0.3) is 5.91 Å². The van der Waals surface area contributed by atoms with Crippen molar-refractivity contribution in [1.82, 2.24) is 5.32 Å². The lowest BCUT2D eigenvalue weighted by Gasteiger charge is -2.14. The number of ketones is 1. The summed E-state index contributed by atoms with van der Waals surface area (Å²) in [6.07, 6.45) is 0.810. The van der Waals surface area contributed by atoms with Crippen molar-refractivity contribution in [3.05, 3.63) is 47.2 Å². The summed E-state index contributed by atoms with van der Waals surface area (Å²) in [6, 6.07) is 6.34. The summed E-state index contributed by atoms with van der Waals surface area (Å²) in [5.74, 6) is -2.09. The molecule has 0 saturated heterocycles. The van der Waals surface area contributed by atoms with E-state index in [0.717, 1.165) is 0 Å². The molecular formula is C25H25NO11. The lowest BCUT2D eigenvalue weighted by molar-refractivity contribution is -0.143. The van der Waals surface area contributed by atoms with Crippen molar-refractivity contribution in [2.75, 3.05) is 27.9 Å². The summed E-state index contributed by atoms with van der Waals surface area (Å²) in [7, 11) is 4.41. The molecule has 1 aliphatic heterocycles. The van der Waals surface area contributed by atoms with Gasteiger partial charge in [0, 0.05) is 18.1 Å². The Balaban J connectivity index is 1.71. The van der Waals surface area contributed by atoms with Crippen LogP contribution in [0.3, 0.4) is 0 Å². The Hall–Kier alpha value is -4.74. The number of rotatable bonds is 12. The molecule has 3 rings (SSSR count). The van der Waals surface area contributed by atoms with E-state index in [0.29, 0.717) is 22.8 Å². The van der Waals surface area contributed by atoms with Gasteiger partial charge < -0.3 is 39.2 Å². The number of carbonyl (C=O) groups is 4. The Bertz CT molecular complexity index is 1250. The number of hydrogen-bond donors (Lipinski definition) is 3. The van der Waals surface area contributed by atoms with Crippen LogP contribution in [0, 0.1) is 0 Å². The molecule has 1 unspecified atom stereocenters. The molecule has 3 N–H and O–H groups in total. The van der Waals surface area contributed by atoms with E-state index in [1.807, 2.05) is 0 Å². The Kier molecular flexibility index (Phi) is 8.56. The van der Waals surface area contributed by atoms with Crippen molar-refractivity contribution in [3.63, 3.8) is 0 Å². The molecule has 1 amide bonds. The van der Waals surface area contributed by atoms with Gasteiger partial charge in [0.2, 0.25) is 11.5 Å². The number of fused-ring (bicyclic) bond motifs is 1. The Labute approximate surface area is 211 Å². The minimum atomic E-state index is -1.37. The highest BCUT2D eigenvalue weighted by Crippen LogP contribution is 2.42. The van der Waals surface area contributed by atoms with Crippen LogP contribution in [0.25, 0.3) is 6.08 Å². The van der Waals surface area contributed by atoms with Crippen LogP contribution in [0.4, 0.5) is 0 Å². The number of aliphatic carboxylic acids is 2. The van der Waals surface area contributed by atoms with Gasteiger partial charge in [0.1, 0.15) is 17.5 Å². The third kappa shape index (κ3) is 6.28. The van der Waals surface area contributed by atoms with Crippen molar-refractivity contribution >= 4 is 29.7 Å². The quantitative estimate of drug-likeness (QED) is 0.354. The summed E-state index contributed by atoms with van der Waals surface area (Å²) in [5, 5.41) is 20.1. The molecule has 37 heavy (non-hydrogen) atoms. The average molecular weight is 515 g/mol. The maximum absolute atomic E-state index is 12.9. The fraction of sp³-hybridized carbons (Fsp3) is 0.280. The number of methoxy groups -OCH3 is 3. The molecule has 0 saturated carbocycles. The van der Waals surface area contributed by atoms with Crippen molar-refractivity contribution in [2.45, 2.75) is 18.9 Å². The zero-order valence-electron chi connectivity index (χ0n) is 20.2. The molecule has 2 aromatic rings. The molecule has 2 aromatic carbocycles. The fourth-order valence-electron chi connectivity index (χ4n) is 3.55. The number of Topliss-reactive ketones (excluding diaryl/α,β-unsaturated/α-hetero) is 1. The van der Waals surface area contributed by atoms with E-state index in [2.05, 4.69) is 5.32 Å². The topological polar surface area (TPSA) is 167 Å². The highest BCUT2D eigenvalue weighted by atomic mass is 16.5. The number of carbonyl (C=O) groups excluding carboxylic acids is 2. The molecule has 1 aliphatic rings. The van der Waals surface area contributed by atoms with Gasteiger partial charge in [0.05, 0.1) is 26.9 Å². The van der Waals surface area contributed by atoms with E-state index < -0.39 is 36.9 Å². The Morgan fingerprint density at radius 1 is 1.03 bits per heavy atom. The molecule has 12 heteroatoms. The van der Waals surface area contributed by atoms with Gasteiger partial charge in [-0.25, -0.2) is 4.79 Å². The molecule has 0 aliphatic carbocycles. The molecule has 1 heterocycles. The largest absolute Gasteiger partial charge is 0.493 e. The van der Waals surface area contributed by atoms with Crippen LogP contribution >= 0.6 is 0 Å². The van der Waals surface area contributed by atoms with Gasteiger partial charge in [-0.2, -0.15) is 0 Å². The number of ether oxygens (including phenoxy) is 5. The van der Waals surface area contributed by atoms with E-state index in [-0.39, 0.29) is 35.0 Å². The van der Waals surface area contributed by atoms with Gasteiger partial charge in [-0.1, -0.05) is 0 Å². The molecular weight excluding hydrogens is 490 g/mol. The third-order valence-corrected chi connectivity index (χ3v) is 5.31. The fourth-order valence-corrected chi connectivity index (χ4v) is 3.55. The van der Waals surface area contributed by atoms with Crippen LogP contribution in [0.5, 0.6) is 28.7 Å². The first-order chi connectivity index (χ1) is 17.7. The first kappa shape index (κ1) is 26.9. The smallest absolute Gasteiger partial charge is 0.326 e. The zero-order chi connectivity index (χ0) is 27.1. The first-order valence-corrected chi connectivity index (χ1v) is 10.9. The number of carboxylic acid groups (broad SMARTS) is 2. The SMILES string of the molecule is COc1ccc(C=C2Oc3cc(OCC(=O)NC(CCC(=O)O)C(=O)O)ccc3C2=O)c(OC)c1OC. The monoisotopic (exact) mass is 515 g/mol. The molecule has 0 spiro atoms. The summed E-state index contributed by atoms with van der Waals surface area (Å²) >= 11 is 0. The maximum atomic E-state index is 12.9. The predicted molar refractivity (Wildman–Crippen MR) is 127 cm³/mol. The van der Waals surface area contributed by atoms with Gasteiger partial charge in [-0.15, -0.1) is 0 Å². The second-order valence-electron chi connectivity index (χ2n) is 7.70. The zero-order valence-corrected chi connectivity index (χ0v) is 20.2. The second kappa shape index (κ2) is 11.8. The number of nitrogens with one attached hydrogen (secondary N) is 1. The molecule has 196 valence electrons. The number of benzene rings is 2. The number of amides is 1. The van der Waals surface area contributed by atoms with Gasteiger partial charge in [0.15, 0.2) is 23.9 Å². The van der Waals surface area contributed by atoms with E-state index in [4.69, 9.17) is 33.9 Å². The van der Waals surface area contributed by atoms with Gasteiger partial charge in [-0.05, 0) is 36.8 Å².